The van der Waals surface area contributed by atoms with Crippen molar-refractivity contribution in [3.63, 3.8) is 0 Å². The van der Waals surface area contributed by atoms with Gasteiger partial charge in [0.15, 0.2) is 0 Å². The van der Waals surface area contributed by atoms with Crippen molar-refractivity contribution < 1.29 is 9.53 Å². The highest BCUT2D eigenvalue weighted by Crippen LogP contribution is 2.15. The molecular weight excluding hydrogens is 256 g/mol. The highest BCUT2D eigenvalue weighted by Gasteiger charge is 2.07. The molecule has 0 fully saturated rings. The van der Waals surface area contributed by atoms with E-state index >= 15 is 0 Å². The quantitative estimate of drug-likeness (QED) is 0.871. The molecule has 6 heteroatoms. The molecule has 0 spiro atoms. The number of rotatable bonds is 5. The number of benzene rings is 1. The number of nitrogens with two attached hydrogens (primary N) is 1. The van der Waals surface area contributed by atoms with Crippen LogP contribution in [-0.2, 0) is 11.3 Å². The van der Waals surface area contributed by atoms with Gasteiger partial charge in [0.2, 0.25) is 5.91 Å². The zero-order chi connectivity index (χ0) is 14.5. The number of aryl methyl sites for hydroxylation is 1. The highest BCUT2D eigenvalue weighted by molar-refractivity contribution is 5.90. The van der Waals surface area contributed by atoms with Crippen LogP contribution in [0.4, 0.5) is 11.5 Å². The maximum absolute atomic E-state index is 11.9. The van der Waals surface area contributed by atoms with Gasteiger partial charge in [-0.15, -0.1) is 0 Å². The summed E-state index contributed by atoms with van der Waals surface area (Å²) in [4.78, 5) is 11.9. The molecule has 1 heterocycles. The third-order valence-corrected chi connectivity index (χ3v) is 2.74. The van der Waals surface area contributed by atoms with Crippen molar-refractivity contribution in [2.45, 2.75) is 20.4 Å². The summed E-state index contributed by atoms with van der Waals surface area (Å²) in [5.41, 5.74) is 7.21. The Kier molecular flexibility index (Phi) is 4.24. The number of carbonyl (C=O) groups excluding carboxylic acids is 1. The van der Waals surface area contributed by atoms with Gasteiger partial charge in [-0.25, -0.2) is 0 Å². The SMILES string of the molecule is CCOc1ccc(NC(=O)Cn2cc(C)c(N)n2)cc1. The standard InChI is InChI=1S/C14H18N4O2/c1-3-20-12-6-4-11(5-7-12)16-13(19)9-18-8-10(2)14(15)17-18/h4-8H,3,9H2,1-2H3,(H2,15,17)(H,16,19). The van der Waals surface area contributed by atoms with Crippen LogP contribution in [0.15, 0.2) is 30.5 Å². The number of nitrogen functional groups attached to an aromatic ring is 1. The summed E-state index contributed by atoms with van der Waals surface area (Å²) in [5, 5.41) is 6.84. The minimum atomic E-state index is -0.156. The van der Waals surface area contributed by atoms with Crippen molar-refractivity contribution in [2.75, 3.05) is 17.7 Å². The molecule has 0 unspecified atom stereocenters. The van der Waals surface area contributed by atoms with Gasteiger partial charge in [-0.1, -0.05) is 0 Å². The van der Waals surface area contributed by atoms with Crippen LogP contribution in [0.3, 0.4) is 0 Å². The highest BCUT2D eigenvalue weighted by atomic mass is 16.5. The molecule has 0 saturated heterocycles. The van der Waals surface area contributed by atoms with Crippen molar-refractivity contribution in [3.05, 3.63) is 36.0 Å². The van der Waals surface area contributed by atoms with Crippen molar-refractivity contribution >= 4 is 17.4 Å². The molecule has 2 rings (SSSR count). The van der Waals surface area contributed by atoms with Crippen LogP contribution < -0.4 is 15.8 Å². The van der Waals surface area contributed by atoms with E-state index in [9.17, 15) is 4.79 Å². The summed E-state index contributed by atoms with van der Waals surface area (Å²) in [6, 6.07) is 7.22. The number of hydrogen-bond donors (Lipinski definition) is 2. The molecule has 2 aromatic rings. The summed E-state index contributed by atoms with van der Waals surface area (Å²) >= 11 is 0. The maximum atomic E-state index is 11.9. The predicted molar refractivity (Wildman–Crippen MR) is 77.6 cm³/mol. The lowest BCUT2D eigenvalue weighted by molar-refractivity contribution is -0.116. The van der Waals surface area contributed by atoms with Crippen molar-refractivity contribution in [1.82, 2.24) is 9.78 Å². The van der Waals surface area contributed by atoms with Gasteiger partial charge in [-0.05, 0) is 38.1 Å². The van der Waals surface area contributed by atoms with Crippen molar-refractivity contribution in [1.29, 1.82) is 0 Å². The topological polar surface area (TPSA) is 82.2 Å². The van der Waals surface area contributed by atoms with Crippen LogP contribution in [-0.4, -0.2) is 22.3 Å². The number of aromatic nitrogens is 2. The Hall–Kier alpha value is -2.50. The average Bonchev–Trinajstić information content (AvgIpc) is 2.71. The molecule has 0 aliphatic carbocycles. The fourth-order valence-electron chi connectivity index (χ4n) is 1.77. The monoisotopic (exact) mass is 274 g/mol. The molecule has 1 aromatic carbocycles. The second kappa shape index (κ2) is 6.10. The fourth-order valence-corrected chi connectivity index (χ4v) is 1.77. The fraction of sp³-hybridized carbons (Fsp3) is 0.286. The Morgan fingerprint density at radius 2 is 2.10 bits per heavy atom. The van der Waals surface area contributed by atoms with E-state index in [0.717, 1.165) is 17.0 Å². The maximum Gasteiger partial charge on any atom is 0.246 e. The van der Waals surface area contributed by atoms with Crippen LogP contribution in [0.25, 0.3) is 0 Å². The molecule has 1 aromatic heterocycles. The van der Waals surface area contributed by atoms with E-state index < -0.39 is 0 Å². The number of amides is 1. The van der Waals surface area contributed by atoms with Crippen LogP contribution in [0.5, 0.6) is 5.75 Å². The summed E-state index contributed by atoms with van der Waals surface area (Å²) in [7, 11) is 0. The van der Waals surface area contributed by atoms with Gasteiger partial charge in [-0.2, -0.15) is 5.10 Å². The van der Waals surface area contributed by atoms with Gasteiger partial charge in [0, 0.05) is 17.4 Å². The molecule has 0 atom stereocenters. The molecule has 0 bridgehead atoms. The van der Waals surface area contributed by atoms with Crippen molar-refractivity contribution in [2.24, 2.45) is 0 Å². The van der Waals surface area contributed by atoms with Gasteiger partial charge >= 0.3 is 0 Å². The lowest BCUT2D eigenvalue weighted by Crippen LogP contribution is -2.19. The normalized spacial score (nSPS) is 10.3. The van der Waals surface area contributed by atoms with Crippen LogP contribution in [0.1, 0.15) is 12.5 Å². The van der Waals surface area contributed by atoms with E-state index in [-0.39, 0.29) is 12.5 Å². The molecule has 20 heavy (non-hydrogen) atoms. The molecule has 3 N–H and O–H groups in total. The van der Waals surface area contributed by atoms with Gasteiger partial charge in [0.25, 0.3) is 0 Å². The number of nitrogens with one attached hydrogen (secondary N) is 1. The lowest BCUT2D eigenvalue weighted by atomic mass is 10.3. The average molecular weight is 274 g/mol. The number of nitrogens with zero attached hydrogens (tertiary/aromatic N) is 2. The summed E-state index contributed by atoms with van der Waals surface area (Å²) < 4.78 is 6.86. The predicted octanol–water partition coefficient (Wildman–Crippen LogP) is 1.81. The molecule has 0 aliphatic rings. The van der Waals surface area contributed by atoms with Crippen LogP contribution >= 0.6 is 0 Å². The first-order chi connectivity index (χ1) is 9.58. The largest absolute Gasteiger partial charge is 0.494 e. The summed E-state index contributed by atoms with van der Waals surface area (Å²) in [6.07, 6.45) is 1.74. The Labute approximate surface area is 117 Å². The number of ether oxygens (including phenoxy) is 1. The van der Waals surface area contributed by atoms with Gasteiger partial charge < -0.3 is 15.8 Å². The Bertz CT molecular complexity index is 570. The van der Waals surface area contributed by atoms with E-state index in [1.54, 1.807) is 18.3 Å². The van der Waals surface area contributed by atoms with Crippen LogP contribution in [0.2, 0.25) is 0 Å². The lowest BCUT2D eigenvalue weighted by Gasteiger charge is -2.07. The second-order valence-electron chi connectivity index (χ2n) is 4.40. The zero-order valence-corrected chi connectivity index (χ0v) is 11.6. The van der Waals surface area contributed by atoms with Gasteiger partial charge in [0.1, 0.15) is 18.1 Å². The van der Waals surface area contributed by atoms with Crippen LogP contribution in [0, 0.1) is 6.92 Å². The van der Waals surface area contributed by atoms with E-state index in [1.165, 1.54) is 4.68 Å². The first kappa shape index (κ1) is 13.9. The Balaban J connectivity index is 1.93. The third kappa shape index (κ3) is 3.50. The van der Waals surface area contributed by atoms with E-state index in [4.69, 9.17) is 10.5 Å². The number of carbonyl (C=O) groups is 1. The smallest absolute Gasteiger partial charge is 0.246 e. The Morgan fingerprint density at radius 1 is 1.40 bits per heavy atom. The molecule has 0 aliphatic heterocycles. The Morgan fingerprint density at radius 3 is 2.65 bits per heavy atom. The molecule has 106 valence electrons. The first-order valence-corrected chi connectivity index (χ1v) is 6.40. The molecular formula is C14H18N4O2. The van der Waals surface area contributed by atoms with E-state index in [2.05, 4.69) is 10.4 Å². The number of anilines is 2. The van der Waals surface area contributed by atoms with E-state index in [0.29, 0.717) is 12.4 Å². The van der Waals surface area contributed by atoms with E-state index in [1.807, 2.05) is 26.0 Å². The molecule has 6 nitrogen and oxygen atoms in total. The van der Waals surface area contributed by atoms with Gasteiger partial charge in [-0.3, -0.25) is 9.48 Å². The second-order valence-corrected chi connectivity index (χ2v) is 4.40. The molecule has 1 amide bonds. The minimum absolute atomic E-state index is 0.130. The molecule has 0 radical (unpaired) electrons. The summed E-state index contributed by atoms with van der Waals surface area (Å²) in [5.74, 6) is 1.07. The molecule has 0 saturated carbocycles. The first-order valence-electron chi connectivity index (χ1n) is 6.40. The van der Waals surface area contributed by atoms with Gasteiger partial charge in [0.05, 0.1) is 6.61 Å². The number of hydrogen-bond acceptors (Lipinski definition) is 4. The third-order valence-electron chi connectivity index (χ3n) is 2.74. The van der Waals surface area contributed by atoms with Crippen molar-refractivity contribution in [3.8, 4) is 5.75 Å². The summed E-state index contributed by atoms with van der Waals surface area (Å²) in [6.45, 7) is 4.52. The minimum Gasteiger partial charge on any atom is -0.494 e. The zero-order valence-electron chi connectivity index (χ0n) is 11.6.